The Balaban J connectivity index is 1.98. The fraction of sp³-hybridized carbons (Fsp3) is 0.0667. The fourth-order valence-corrected chi connectivity index (χ4v) is 2.06. The van der Waals surface area contributed by atoms with Crippen LogP contribution < -0.4 is 15.5 Å². The summed E-state index contributed by atoms with van der Waals surface area (Å²) in [5, 5.41) is 17.2. The number of rotatable bonds is 4. The molecule has 0 unspecified atom stereocenters. The molecule has 114 valence electrons. The number of para-hydroxylation sites is 1. The molecule has 0 aromatic heterocycles. The molecule has 0 fully saturated rings. The second kappa shape index (κ2) is 7.63. The SMILES string of the molecule is COc1cc(/C=N/NC(=S)Nc2ccccc2)cc(Cl)c1O. The lowest BCUT2D eigenvalue weighted by Gasteiger charge is -2.07. The largest absolute Gasteiger partial charge is 0.503 e. The van der Waals surface area contributed by atoms with Crippen LogP contribution in [0.5, 0.6) is 11.5 Å². The number of benzene rings is 2. The van der Waals surface area contributed by atoms with E-state index in [-0.39, 0.29) is 16.5 Å². The normalized spacial score (nSPS) is 10.5. The molecule has 0 aliphatic carbocycles. The lowest BCUT2D eigenvalue weighted by atomic mass is 10.2. The van der Waals surface area contributed by atoms with Gasteiger partial charge in [-0.25, -0.2) is 0 Å². The number of phenols is 1. The monoisotopic (exact) mass is 335 g/mol. The molecule has 0 saturated heterocycles. The van der Waals surface area contributed by atoms with Gasteiger partial charge in [-0.05, 0) is 42.0 Å². The number of phenolic OH excluding ortho intramolecular Hbond substituents is 1. The molecule has 0 spiro atoms. The molecule has 0 aliphatic heterocycles. The summed E-state index contributed by atoms with van der Waals surface area (Å²) >= 11 is 11.0. The second-order valence-corrected chi connectivity index (χ2v) is 5.06. The van der Waals surface area contributed by atoms with Gasteiger partial charge in [-0.15, -0.1) is 0 Å². The third-order valence-electron chi connectivity index (χ3n) is 2.68. The number of hydrazone groups is 1. The lowest BCUT2D eigenvalue weighted by molar-refractivity contribution is 0.373. The van der Waals surface area contributed by atoms with Crippen molar-refractivity contribution >= 4 is 40.8 Å². The number of methoxy groups -OCH3 is 1. The van der Waals surface area contributed by atoms with Gasteiger partial charge in [-0.2, -0.15) is 5.10 Å². The van der Waals surface area contributed by atoms with Crippen molar-refractivity contribution in [3.8, 4) is 11.5 Å². The number of anilines is 1. The fourth-order valence-electron chi connectivity index (χ4n) is 1.67. The molecule has 0 bridgehead atoms. The maximum absolute atomic E-state index is 9.65. The highest BCUT2D eigenvalue weighted by atomic mass is 35.5. The Labute approximate surface area is 138 Å². The first-order valence-electron chi connectivity index (χ1n) is 6.31. The zero-order chi connectivity index (χ0) is 15.9. The lowest BCUT2D eigenvalue weighted by Crippen LogP contribution is -2.23. The Kier molecular flexibility index (Phi) is 5.57. The van der Waals surface area contributed by atoms with E-state index < -0.39 is 0 Å². The third kappa shape index (κ3) is 4.34. The van der Waals surface area contributed by atoms with Gasteiger partial charge in [0, 0.05) is 5.69 Å². The minimum Gasteiger partial charge on any atom is -0.503 e. The van der Waals surface area contributed by atoms with Gasteiger partial charge in [0.15, 0.2) is 16.6 Å². The van der Waals surface area contributed by atoms with Gasteiger partial charge in [-0.3, -0.25) is 5.43 Å². The molecule has 2 aromatic carbocycles. The predicted octanol–water partition coefficient (Wildman–Crippen LogP) is 3.37. The highest BCUT2D eigenvalue weighted by molar-refractivity contribution is 7.80. The maximum atomic E-state index is 9.65. The zero-order valence-corrected chi connectivity index (χ0v) is 13.3. The standard InChI is InChI=1S/C15H14ClN3O2S/c1-21-13-8-10(7-12(16)14(13)20)9-17-19-15(22)18-11-5-3-2-4-6-11/h2-9,20H,1H3,(H2,18,19,22)/b17-9+. The summed E-state index contributed by atoms with van der Waals surface area (Å²) in [5.74, 6) is 0.175. The van der Waals surface area contributed by atoms with Gasteiger partial charge in [0.05, 0.1) is 18.3 Å². The van der Waals surface area contributed by atoms with E-state index in [1.807, 2.05) is 30.3 Å². The highest BCUT2D eigenvalue weighted by Gasteiger charge is 2.07. The van der Waals surface area contributed by atoms with Crippen molar-refractivity contribution in [2.75, 3.05) is 12.4 Å². The summed E-state index contributed by atoms with van der Waals surface area (Å²) in [7, 11) is 1.45. The molecule has 0 saturated carbocycles. The van der Waals surface area contributed by atoms with Crippen LogP contribution in [0.15, 0.2) is 47.6 Å². The van der Waals surface area contributed by atoms with Gasteiger partial charge in [0.1, 0.15) is 0 Å². The molecule has 0 atom stereocenters. The summed E-state index contributed by atoms with van der Waals surface area (Å²) in [6, 6.07) is 12.7. The molecule has 2 aromatic rings. The van der Waals surface area contributed by atoms with Crippen LogP contribution in [0.1, 0.15) is 5.56 Å². The smallest absolute Gasteiger partial charge is 0.191 e. The topological polar surface area (TPSA) is 65.9 Å². The minimum absolute atomic E-state index is 0.101. The first kappa shape index (κ1) is 16.1. The van der Waals surface area contributed by atoms with E-state index in [2.05, 4.69) is 15.8 Å². The number of halogens is 1. The minimum atomic E-state index is -0.101. The molecule has 3 N–H and O–H groups in total. The van der Waals surface area contributed by atoms with E-state index in [0.717, 1.165) is 5.69 Å². The highest BCUT2D eigenvalue weighted by Crippen LogP contribution is 2.34. The third-order valence-corrected chi connectivity index (χ3v) is 3.16. The van der Waals surface area contributed by atoms with Gasteiger partial charge in [0.2, 0.25) is 0 Å². The number of hydrogen-bond donors (Lipinski definition) is 3. The Hall–Kier alpha value is -2.31. The average Bonchev–Trinajstić information content (AvgIpc) is 2.51. The maximum Gasteiger partial charge on any atom is 0.191 e. The van der Waals surface area contributed by atoms with Crippen molar-refractivity contribution in [3.63, 3.8) is 0 Å². The molecular formula is C15H14ClN3O2S. The first-order valence-corrected chi connectivity index (χ1v) is 7.10. The van der Waals surface area contributed by atoms with E-state index >= 15 is 0 Å². The molecule has 7 heteroatoms. The van der Waals surface area contributed by atoms with Gasteiger partial charge in [0.25, 0.3) is 0 Å². The van der Waals surface area contributed by atoms with E-state index in [4.69, 9.17) is 28.6 Å². The summed E-state index contributed by atoms with van der Waals surface area (Å²) in [5.41, 5.74) is 4.22. The molecular weight excluding hydrogens is 322 g/mol. The van der Waals surface area contributed by atoms with E-state index in [1.165, 1.54) is 13.3 Å². The van der Waals surface area contributed by atoms with Crippen LogP contribution in [0, 0.1) is 0 Å². The molecule has 2 rings (SSSR count). The van der Waals surface area contributed by atoms with Crippen LogP contribution in [0.3, 0.4) is 0 Å². The van der Waals surface area contributed by atoms with Crippen molar-refractivity contribution < 1.29 is 9.84 Å². The van der Waals surface area contributed by atoms with Crippen molar-refractivity contribution in [3.05, 3.63) is 53.1 Å². The first-order chi connectivity index (χ1) is 10.6. The summed E-state index contributed by atoms with van der Waals surface area (Å²) in [4.78, 5) is 0. The number of hydrogen-bond acceptors (Lipinski definition) is 4. The molecule has 0 heterocycles. The van der Waals surface area contributed by atoms with E-state index in [1.54, 1.807) is 12.1 Å². The Morgan fingerprint density at radius 1 is 1.32 bits per heavy atom. The second-order valence-electron chi connectivity index (χ2n) is 4.24. The van der Waals surface area contributed by atoms with Crippen molar-refractivity contribution in [1.82, 2.24) is 5.43 Å². The predicted molar refractivity (Wildman–Crippen MR) is 93.1 cm³/mol. The molecule has 0 aliphatic rings. The van der Waals surface area contributed by atoms with E-state index in [0.29, 0.717) is 10.7 Å². The number of ether oxygens (including phenoxy) is 1. The zero-order valence-electron chi connectivity index (χ0n) is 11.7. The average molecular weight is 336 g/mol. The van der Waals surface area contributed by atoms with Crippen LogP contribution in [0.2, 0.25) is 5.02 Å². The number of thiocarbonyl (C=S) groups is 1. The van der Waals surface area contributed by atoms with Crippen LogP contribution in [0.4, 0.5) is 5.69 Å². The number of nitrogens with zero attached hydrogens (tertiary/aromatic N) is 1. The summed E-state index contributed by atoms with van der Waals surface area (Å²) in [6.07, 6.45) is 1.52. The molecule has 0 radical (unpaired) electrons. The van der Waals surface area contributed by atoms with E-state index in [9.17, 15) is 5.11 Å². The van der Waals surface area contributed by atoms with Crippen molar-refractivity contribution in [1.29, 1.82) is 0 Å². The quantitative estimate of drug-likeness (QED) is 0.454. The molecule has 5 nitrogen and oxygen atoms in total. The van der Waals surface area contributed by atoms with Crippen LogP contribution in [0.25, 0.3) is 0 Å². The Morgan fingerprint density at radius 3 is 2.73 bits per heavy atom. The van der Waals surface area contributed by atoms with Crippen molar-refractivity contribution in [2.45, 2.75) is 0 Å². The molecule has 22 heavy (non-hydrogen) atoms. The Morgan fingerprint density at radius 2 is 2.05 bits per heavy atom. The number of aromatic hydroxyl groups is 1. The number of nitrogens with one attached hydrogen (secondary N) is 2. The Bertz CT molecular complexity index is 693. The van der Waals surface area contributed by atoms with Gasteiger partial charge < -0.3 is 15.2 Å². The van der Waals surface area contributed by atoms with Crippen LogP contribution in [-0.2, 0) is 0 Å². The molecule has 0 amide bonds. The van der Waals surface area contributed by atoms with Gasteiger partial charge >= 0.3 is 0 Å². The summed E-state index contributed by atoms with van der Waals surface area (Å²) < 4.78 is 5.02. The summed E-state index contributed by atoms with van der Waals surface area (Å²) in [6.45, 7) is 0. The van der Waals surface area contributed by atoms with Crippen LogP contribution in [-0.4, -0.2) is 23.5 Å². The van der Waals surface area contributed by atoms with Crippen LogP contribution >= 0.6 is 23.8 Å². The van der Waals surface area contributed by atoms with Gasteiger partial charge in [-0.1, -0.05) is 29.8 Å². The van der Waals surface area contributed by atoms with Crippen molar-refractivity contribution in [2.24, 2.45) is 5.10 Å².